The van der Waals surface area contributed by atoms with E-state index in [1.165, 1.54) is 0 Å². The van der Waals surface area contributed by atoms with Gasteiger partial charge in [0.2, 0.25) is 0 Å². The Kier molecular flexibility index (Phi) is 4.47. The summed E-state index contributed by atoms with van der Waals surface area (Å²) < 4.78 is 27.2. The molecule has 0 aromatic heterocycles. The minimum Gasteiger partial charge on any atom is -0.345 e. The molecule has 0 spiro atoms. The third kappa shape index (κ3) is 3.52. The molecule has 2 heterocycles. The molecule has 0 saturated heterocycles. The lowest BCUT2D eigenvalue weighted by molar-refractivity contribution is -0.117. The predicted octanol–water partition coefficient (Wildman–Crippen LogP) is 2.01. The predicted molar refractivity (Wildman–Crippen MR) is 93.2 cm³/mol. The number of hydrogen-bond donors (Lipinski definition) is 1. The Bertz CT molecular complexity index is 874. The third-order valence-electron chi connectivity index (χ3n) is 3.80. The first-order valence-electron chi connectivity index (χ1n) is 7.40. The quantitative estimate of drug-likeness (QED) is 0.888. The molecular formula is C16H16ClN3O3S. The number of amides is 1. The van der Waals surface area contributed by atoms with Crippen LogP contribution in [0.5, 0.6) is 0 Å². The molecule has 24 heavy (non-hydrogen) atoms. The highest BCUT2D eigenvalue weighted by Crippen LogP contribution is 2.21. The first kappa shape index (κ1) is 16.7. The average molecular weight is 366 g/mol. The normalized spacial score (nSPS) is 19.8. The molecule has 8 heteroatoms. The molecule has 0 radical (unpaired) electrons. The maximum Gasteiger partial charge on any atom is 0.256 e. The van der Waals surface area contributed by atoms with Gasteiger partial charge in [-0.15, -0.1) is 4.40 Å². The van der Waals surface area contributed by atoms with Gasteiger partial charge in [0.1, 0.15) is 0 Å². The van der Waals surface area contributed by atoms with Crippen LogP contribution in [0.1, 0.15) is 18.5 Å². The SMILES string of the molecule is CC(NC(=O)C1=CC=CN2CCS(=O)(=O)N=C12)c1cccc(Cl)c1. The fourth-order valence-electron chi connectivity index (χ4n) is 2.53. The minimum absolute atomic E-state index is 0.0609. The largest absolute Gasteiger partial charge is 0.345 e. The van der Waals surface area contributed by atoms with E-state index in [1.807, 2.05) is 19.1 Å². The number of nitrogens with zero attached hydrogens (tertiary/aromatic N) is 2. The van der Waals surface area contributed by atoms with Crippen molar-refractivity contribution in [2.24, 2.45) is 4.40 Å². The molecule has 1 aromatic rings. The van der Waals surface area contributed by atoms with Crippen molar-refractivity contribution < 1.29 is 13.2 Å². The maximum absolute atomic E-state index is 12.6. The molecule has 2 aliphatic heterocycles. The zero-order valence-corrected chi connectivity index (χ0v) is 14.5. The van der Waals surface area contributed by atoms with Crippen molar-refractivity contribution in [3.05, 3.63) is 58.8 Å². The summed E-state index contributed by atoms with van der Waals surface area (Å²) in [7, 11) is -3.53. The second-order valence-electron chi connectivity index (χ2n) is 5.57. The van der Waals surface area contributed by atoms with E-state index >= 15 is 0 Å². The van der Waals surface area contributed by atoms with Crippen molar-refractivity contribution >= 4 is 33.4 Å². The molecule has 2 aliphatic rings. The number of benzene rings is 1. The highest BCUT2D eigenvalue weighted by atomic mass is 35.5. The lowest BCUT2D eigenvalue weighted by Gasteiger charge is -2.29. The monoisotopic (exact) mass is 365 g/mol. The van der Waals surface area contributed by atoms with Gasteiger partial charge in [-0.25, -0.2) is 8.42 Å². The van der Waals surface area contributed by atoms with Gasteiger partial charge in [0, 0.05) is 17.8 Å². The fourth-order valence-corrected chi connectivity index (χ4v) is 3.71. The lowest BCUT2D eigenvalue weighted by Crippen LogP contribution is -2.42. The molecule has 0 saturated carbocycles. The Labute approximate surface area is 145 Å². The Morgan fingerprint density at radius 2 is 2.21 bits per heavy atom. The van der Waals surface area contributed by atoms with Crippen LogP contribution in [0.2, 0.25) is 5.02 Å². The van der Waals surface area contributed by atoms with Crippen LogP contribution < -0.4 is 5.32 Å². The summed E-state index contributed by atoms with van der Waals surface area (Å²) in [6.45, 7) is 2.12. The van der Waals surface area contributed by atoms with Gasteiger partial charge < -0.3 is 10.2 Å². The number of allylic oxidation sites excluding steroid dienone is 2. The van der Waals surface area contributed by atoms with Crippen molar-refractivity contribution in [3.63, 3.8) is 0 Å². The summed E-state index contributed by atoms with van der Waals surface area (Å²) in [6.07, 6.45) is 4.98. The fraction of sp³-hybridized carbons (Fsp3) is 0.250. The summed E-state index contributed by atoms with van der Waals surface area (Å²) in [4.78, 5) is 14.3. The van der Waals surface area contributed by atoms with Crippen molar-refractivity contribution in [1.82, 2.24) is 10.2 Å². The van der Waals surface area contributed by atoms with E-state index < -0.39 is 10.0 Å². The van der Waals surface area contributed by atoms with Gasteiger partial charge in [0.05, 0.1) is 17.4 Å². The molecular weight excluding hydrogens is 350 g/mol. The molecule has 1 amide bonds. The van der Waals surface area contributed by atoms with E-state index in [4.69, 9.17) is 11.6 Å². The second-order valence-corrected chi connectivity index (χ2v) is 7.76. The second kappa shape index (κ2) is 6.41. The van der Waals surface area contributed by atoms with Gasteiger partial charge in [-0.05, 0) is 36.8 Å². The van der Waals surface area contributed by atoms with Crippen LogP contribution in [0, 0.1) is 0 Å². The third-order valence-corrected chi connectivity index (χ3v) is 5.18. The molecule has 1 unspecified atom stereocenters. The standard InChI is InChI=1S/C16H16ClN3O3S/c1-11(12-4-2-5-13(17)10-12)18-16(21)14-6-3-7-20-8-9-24(22,23)19-15(14)20/h2-7,10-11H,8-9H2,1H3,(H,18,21). The van der Waals surface area contributed by atoms with Crippen LogP contribution >= 0.6 is 11.6 Å². The van der Waals surface area contributed by atoms with Crippen LogP contribution in [0.3, 0.4) is 0 Å². The summed E-state index contributed by atoms with van der Waals surface area (Å²) >= 11 is 5.97. The molecule has 0 aliphatic carbocycles. The number of halogens is 1. The molecule has 0 bridgehead atoms. The zero-order valence-electron chi connectivity index (χ0n) is 12.9. The first-order chi connectivity index (χ1) is 11.4. The van der Waals surface area contributed by atoms with Gasteiger partial charge >= 0.3 is 0 Å². The van der Waals surface area contributed by atoms with E-state index in [-0.39, 0.29) is 35.7 Å². The van der Waals surface area contributed by atoms with Crippen LogP contribution in [-0.2, 0) is 14.8 Å². The van der Waals surface area contributed by atoms with E-state index in [1.54, 1.807) is 35.4 Å². The minimum atomic E-state index is -3.53. The lowest BCUT2D eigenvalue weighted by atomic mass is 10.1. The smallest absolute Gasteiger partial charge is 0.256 e. The van der Waals surface area contributed by atoms with Gasteiger partial charge in [-0.3, -0.25) is 4.79 Å². The van der Waals surface area contributed by atoms with Crippen LogP contribution in [0.25, 0.3) is 0 Å². The number of carbonyl (C=O) groups is 1. The van der Waals surface area contributed by atoms with Crippen molar-refractivity contribution in [3.8, 4) is 0 Å². The van der Waals surface area contributed by atoms with Crippen molar-refractivity contribution in [2.45, 2.75) is 13.0 Å². The number of fused-ring (bicyclic) bond motifs is 1. The molecule has 0 fully saturated rings. The van der Waals surface area contributed by atoms with Gasteiger partial charge in [0.15, 0.2) is 5.84 Å². The number of hydrogen-bond acceptors (Lipinski definition) is 4. The number of sulfonamides is 1. The summed E-state index contributed by atoms with van der Waals surface area (Å²) in [6, 6.07) is 6.92. The average Bonchev–Trinajstić information content (AvgIpc) is 2.53. The number of rotatable bonds is 3. The number of carbonyl (C=O) groups excluding carboxylic acids is 1. The Hall–Kier alpha value is -2.12. The molecule has 1 atom stereocenters. The highest BCUT2D eigenvalue weighted by Gasteiger charge is 2.30. The van der Waals surface area contributed by atoms with Crippen LogP contribution in [0.4, 0.5) is 0 Å². The molecule has 126 valence electrons. The zero-order chi connectivity index (χ0) is 17.3. The first-order valence-corrected chi connectivity index (χ1v) is 9.39. The molecule has 6 nitrogen and oxygen atoms in total. The van der Waals surface area contributed by atoms with Gasteiger partial charge in [-0.2, -0.15) is 0 Å². The summed E-state index contributed by atoms with van der Waals surface area (Å²) in [5, 5.41) is 3.44. The van der Waals surface area contributed by atoms with Gasteiger partial charge in [0.25, 0.3) is 15.9 Å². The molecule has 1 N–H and O–H groups in total. The van der Waals surface area contributed by atoms with Crippen molar-refractivity contribution in [1.29, 1.82) is 0 Å². The Morgan fingerprint density at radius 1 is 1.42 bits per heavy atom. The molecule has 1 aromatic carbocycles. The Balaban J connectivity index is 1.83. The molecule has 3 rings (SSSR count). The maximum atomic E-state index is 12.6. The van der Waals surface area contributed by atoms with E-state index in [9.17, 15) is 13.2 Å². The van der Waals surface area contributed by atoms with E-state index in [0.717, 1.165) is 5.56 Å². The summed E-state index contributed by atoms with van der Waals surface area (Å²) in [5.41, 5.74) is 1.09. The van der Waals surface area contributed by atoms with E-state index in [2.05, 4.69) is 9.71 Å². The van der Waals surface area contributed by atoms with E-state index in [0.29, 0.717) is 5.02 Å². The van der Waals surface area contributed by atoms with Crippen molar-refractivity contribution in [2.75, 3.05) is 12.3 Å². The topological polar surface area (TPSA) is 78.8 Å². The number of nitrogens with one attached hydrogen (secondary N) is 1. The van der Waals surface area contributed by atoms with Gasteiger partial charge in [-0.1, -0.05) is 23.7 Å². The number of amidine groups is 1. The van der Waals surface area contributed by atoms with Crippen LogP contribution in [0.15, 0.2) is 52.6 Å². The van der Waals surface area contributed by atoms with Crippen LogP contribution in [-0.4, -0.2) is 37.4 Å². The Morgan fingerprint density at radius 3 is 2.96 bits per heavy atom. The highest BCUT2D eigenvalue weighted by molar-refractivity contribution is 7.90. The summed E-state index contributed by atoms with van der Waals surface area (Å²) in [5.74, 6) is -0.276.